The van der Waals surface area contributed by atoms with Gasteiger partial charge in [0, 0.05) is 17.8 Å². The van der Waals surface area contributed by atoms with Crippen molar-refractivity contribution in [2.75, 3.05) is 12.3 Å². The Bertz CT molecular complexity index is 385. The maximum Gasteiger partial charge on any atom is 0.0292 e. The molecule has 2 unspecified atom stereocenters. The van der Waals surface area contributed by atoms with Gasteiger partial charge in [0.2, 0.25) is 0 Å². The first-order chi connectivity index (χ1) is 8.97. The maximum absolute atomic E-state index is 3.68. The highest BCUT2D eigenvalue weighted by Crippen LogP contribution is 2.27. The van der Waals surface area contributed by atoms with E-state index in [1.165, 1.54) is 29.7 Å². The third-order valence-electron chi connectivity index (χ3n) is 3.95. The highest BCUT2D eigenvalue weighted by molar-refractivity contribution is 8.00. The van der Waals surface area contributed by atoms with Crippen LogP contribution in [0.15, 0.2) is 24.3 Å². The van der Waals surface area contributed by atoms with Gasteiger partial charge in [0.15, 0.2) is 0 Å². The van der Waals surface area contributed by atoms with Crippen LogP contribution < -0.4 is 5.32 Å². The van der Waals surface area contributed by atoms with E-state index in [0.717, 1.165) is 11.8 Å². The lowest BCUT2D eigenvalue weighted by atomic mass is 9.86. The summed E-state index contributed by atoms with van der Waals surface area (Å²) in [5.74, 6) is 1.35. The number of hydrogen-bond acceptors (Lipinski definition) is 2. The topological polar surface area (TPSA) is 12.0 Å². The molecule has 1 aromatic carbocycles. The molecule has 2 rings (SSSR count). The highest BCUT2D eigenvalue weighted by atomic mass is 32.2. The lowest BCUT2D eigenvalue weighted by molar-refractivity contribution is 0.557. The number of nitrogens with one attached hydrogen (secondary N) is 1. The highest BCUT2D eigenvalue weighted by Gasteiger charge is 2.17. The molecule has 2 heteroatoms. The van der Waals surface area contributed by atoms with E-state index in [4.69, 9.17) is 0 Å². The van der Waals surface area contributed by atoms with Crippen LogP contribution in [0.25, 0.3) is 0 Å². The molecule has 1 aliphatic heterocycles. The SMILES string of the molecule is CC(NCC1CCCS1)c1ccc(C(C)(C)C)cc1. The Morgan fingerprint density at radius 3 is 2.47 bits per heavy atom. The summed E-state index contributed by atoms with van der Waals surface area (Å²) in [5.41, 5.74) is 3.06. The smallest absolute Gasteiger partial charge is 0.0292 e. The molecule has 0 saturated carbocycles. The lowest BCUT2D eigenvalue weighted by Crippen LogP contribution is -2.26. The van der Waals surface area contributed by atoms with Crippen molar-refractivity contribution in [2.24, 2.45) is 0 Å². The van der Waals surface area contributed by atoms with Crippen LogP contribution in [-0.2, 0) is 5.41 Å². The van der Waals surface area contributed by atoms with E-state index >= 15 is 0 Å². The minimum absolute atomic E-state index is 0.246. The Morgan fingerprint density at radius 1 is 1.26 bits per heavy atom. The molecule has 0 radical (unpaired) electrons. The van der Waals surface area contributed by atoms with Gasteiger partial charge in [-0.2, -0.15) is 11.8 Å². The van der Waals surface area contributed by atoms with E-state index < -0.39 is 0 Å². The predicted octanol–water partition coefficient (Wildman–Crippen LogP) is 4.53. The molecule has 2 atom stereocenters. The summed E-state index contributed by atoms with van der Waals surface area (Å²) in [5, 5.41) is 4.51. The lowest BCUT2D eigenvalue weighted by Gasteiger charge is -2.21. The molecule has 0 aromatic heterocycles. The molecule has 19 heavy (non-hydrogen) atoms. The Kier molecular flexibility index (Phi) is 4.97. The molecule has 1 nitrogen and oxygen atoms in total. The first-order valence-corrected chi connectivity index (χ1v) is 8.47. The van der Waals surface area contributed by atoms with E-state index in [9.17, 15) is 0 Å². The second kappa shape index (κ2) is 6.32. The minimum Gasteiger partial charge on any atom is -0.309 e. The average Bonchev–Trinajstić information content (AvgIpc) is 2.88. The zero-order valence-corrected chi connectivity index (χ0v) is 13.5. The second-order valence-corrected chi connectivity index (χ2v) is 8.05. The molecule has 106 valence electrons. The quantitative estimate of drug-likeness (QED) is 0.867. The summed E-state index contributed by atoms with van der Waals surface area (Å²) < 4.78 is 0. The fourth-order valence-electron chi connectivity index (χ4n) is 2.50. The third-order valence-corrected chi connectivity index (χ3v) is 5.35. The van der Waals surface area contributed by atoms with E-state index in [-0.39, 0.29) is 5.41 Å². The summed E-state index contributed by atoms with van der Waals surface area (Å²) in [6, 6.07) is 9.56. The van der Waals surface area contributed by atoms with Crippen LogP contribution >= 0.6 is 11.8 Å². The van der Waals surface area contributed by atoms with E-state index in [1.807, 2.05) is 0 Å². The van der Waals surface area contributed by atoms with Gasteiger partial charge in [-0.25, -0.2) is 0 Å². The molecular formula is C17H27NS. The Labute approximate surface area is 122 Å². The van der Waals surface area contributed by atoms with Crippen molar-refractivity contribution in [3.63, 3.8) is 0 Å². The van der Waals surface area contributed by atoms with Crippen molar-refractivity contribution < 1.29 is 0 Å². The molecule has 1 aromatic rings. The maximum atomic E-state index is 3.68. The van der Waals surface area contributed by atoms with Crippen LogP contribution in [0.1, 0.15) is 57.7 Å². The van der Waals surface area contributed by atoms with Gasteiger partial charge in [0.25, 0.3) is 0 Å². The van der Waals surface area contributed by atoms with Gasteiger partial charge >= 0.3 is 0 Å². The van der Waals surface area contributed by atoms with Gasteiger partial charge in [-0.3, -0.25) is 0 Å². The molecule has 1 saturated heterocycles. The molecule has 0 bridgehead atoms. The van der Waals surface area contributed by atoms with Crippen LogP contribution in [0.3, 0.4) is 0 Å². The average molecular weight is 277 g/mol. The number of thioether (sulfide) groups is 1. The summed E-state index contributed by atoms with van der Waals surface area (Å²) >= 11 is 2.12. The number of hydrogen-bond donors (Lipinski definition) is 1. The molecule has 1 fully saturated rings. The van der Waals surface area contributed by atoms with Gasteiger partial charge in [0.05, 0.1) is 0 Å². The van der Waals surface area contributed by atoms with Crippen LogP contribution in [0, 0.1) is 0 Å². The first-order valence-electron chi connectivity index (χ1n) is 7.42. The van der Waals surface area contributed by atoms with Crippen molar-refractivity contribution >= 4 is 11.8 Å². The van der Waals surface area contributed by atoms with Crippen molar-refractivity contribution in [3.05, 3.63) is 35.4 Å². The van der Waals surface area contributed by atoms with Crippen molar-refractivity contribution in [3.8, 4) is 0 Å². The monoisotopic (exact) mass is 277 g/mol. The number of benzene rings is 1. The van der Waals surface area contributed by atoms with Crippen LogP contribution in [-0.4, -0.2) is 17.5 Å². The molecule has 0 spiro atoms. The minimum atomic E-state index is 0.246. The predicted molar refractivity (Wildman–Crippen MR) is 87.0 cm³/mol. The van der Waals surface area contributed by atoms with Gasteiger partial charge in [-0.05, 0) is 42.1 Å². The normalized spacial score (nSPS) is 21.6. The largest absolute Gasteiger partial charge is 0.309 e. The van der Waals surface area contributed by atoms with Crippen molar-refractivity contribution in [2.45, 2.75) is 57.2 Å². The first kappa shape index (κ1) is 14.9. The van der Waals surface area contributed by atoms with E-state index in [0.29, 0.717) is 6.04 Å². The molecular weight excluding hydrogens is 250 g/mol. The van der Waals surface area contributed by atoms with Gasteiger partial charge in [-0.1, -0.05) is 45.0 Å². The zero-order chi connectivity index (χ0) is 13.9. The standard InChI is InChI=1S/C17H27NS/c1-13(18-12-16-6-5-11-19-16)14-7-9-15(10-8-14)17(2,3)4/h7-10,13,16,18H,5-6,11-12H2,1-4H3. The van der Waals surface area contributed by atoms with Gasteiger partial charge in [0.1, 0.15) is 0 Å². The van der Waals surface area contributed by atoms with E-state index in [2.05, 4.69) is 69.0 Å². The molecule has 0 aliphatic carbocycles. The summed E-state index contributed by atoms with van der Waals surface area (Å²) in [7, 11) is 0. The van der Waals surface area contributed by atoms with Gasteiger partial charge < -0.3 is 5.32 Å². The Hall–Kier alpha value is -0.470. The third kappa shape index (κ3) is 4.25. The van der Waals surface area contributed by atoms with Crippen molar-refractivity contribution in [1.82, 2.24) is 5.32 Å². The zero-order valence-electron chi connectivity index (χ0n) is 12.7. The van der Waals surface area contributed by atoms with Crippen molar-refractivity contribution in [1.29, 1.82) is 0 Å². The van der Waals surface area contributed by atoms with Crippen LogP contribution in [0.2, 0.25) is 0 Å². The molecule has 1 aliphatic rings. The Morgan fingerprint density at radius 2 is 1.95 bits per heavy atom. The fourth-order valence-corrected chi connectivity index (χ4v) is 3.72. The van der Waals surface area contributed by atoms with Crippen LogP contribution in [0.5, 0.6) is 0 Å². The summed E-state index contributed by atoms with van der Waals surface area (Å²) in [6.45, 7) is 10.2. The second-order valence-electron chi connectivity index (χ2n) is 6.64. The number of rotatable bonds is 4. The van der Waals surface area contributed by atoms with Gasteiger partial charge in [-0.15, -0.1) is 0 Å². The summed E-state index contributed by atoms with van der Waals surface area (Å²) in [6.07, 6.45) is 2.78. The van der Waals surface area contributed by atoms with Crippen LogP contribution in [0.4, 0.5) is 0 Å². The molecule has 1 heterocycles. The fraction of sp³-hybridized carbons (Fsp3) is 0.647. The summed E-state index contributed by atoms with van der Waals surface area (Å²) in [4.78, 5) is 0. The Balaban J connectivity index is 1.89. The molecule has 0 amide bonds. The van der Waals surface area contributed by atoms with E-state index in [1.54, 1.807) is 0 Å². The molecule has 1 N–H and O–H groups in total.